The molecule has 2 rings (SSSR count). The van der Waals surface area contributed by atoms with Gasteiger partial charge in [-0.2, -0.15) is 11.8 Å². The number of rotatable bonds is 8. The van der Waals surface area contributed by atoms with E-state index in [2.05, 4.69) is 54.7 Å². The monoisotopic (exact) mass is 305 g/mol. The van der Waals surface area contributed by atoms with Gasteiger partial charge in [-0.1, -0.05) is 43.3 Å². The first-order valence-corrected chi connectivity index (χ1v) is 8.48. The molecule has 2 atom stereocenters. The number of aliphatic hydroxyl groups excluding tert-OH is 2. The molecule has 0 saturated carbocycles. The molecule has 0 saturated heterocycles. The number of thioether (sulfide) groups is 1. The Labute approximate surface area is 130 Å². The molecule has 2 aromatic rings. The van der Waals surface area contributed by atoms with Crippen molar-refractivity contribution in [1.82, 2.24) is 5.32 Å². The fourth-order valence-electron chi connectivity index (χ4n) is 2.32. The van der Waals surface area contributed by atoms with Gasteiger partial charge in [0.25, 0.3) is 0 Å². The van der Waals surface area contributed by atoms with E-state index in [0.29, 0.717) is 5.75 Å². The summed E-state index contributed by atoms with van der Waals surface area (Å²) in [6.07, 6.45) is -0.631. The van der Waals surface area contributed by atoms with Gasteiger partial charge in [-0.15, -0.1) is 0 Å². The van der Waals surface area contributed by atoms with E-state index in [0.717, 1.165) is 12.3 Å². The van der Waals surface area contributed by atoms with Crippen LogP contribution in [0.15, 0.2) is 42.5 Å². The van der Waals surface area contributed by atoms with Crippen molar-refractivity contribution in [3.05, 3.63) is 48.0 Å². The third kappa shape index (κ3) is 4.71. The van der Waals surface area contributed by atoms with Crippen molar-refractivity contribution in [1.29, 1.82) is 0 Å². The lowest BCUT2D eigenvalue weighted by molar-refractivity contribution is 0.113. The van der Waals surface area contributed by atoms with E-state index >= 15 is 0 Å². The van der Waals surface area contributed by atoms with Gasteiger partial charge in [0.15, 0.2) is 0 Å². The standard InChI is InChI=1S/C17H23NO2S/c1-2-18-17(12-21-11-16(20)10-19)15-8-7-13-5-3-4-6-14(13)9-15/h3-9,16-20H,2,10-12H2,1H3. The summed E-state index contributed by atoms with van der Waals surface area (Å²) in [7, 11) is 0. The zero-order valence-corrected chi connectivity index (χ0v) is 13.1. The van der Waals surface area contributed by atoms with E-state index in [-0.39, 0.29) is 12.6 Å². The van der Waals surface area contributed by atoms with Crippen molar-refractivity contribution in [3.8, 4) is 0 Å². The molecule has 114 valence electrons. The van der Waals surface area contributed by atoms with E-state index in [9.17, 15) is 5.11 Å². The van der Waals surface area contributed by atoms with Gasteiger partial charge in [0.05, 0.1) is 12.7 Å². The SMILES string of the molecule is CCNC(CSCC(O)CO)c1ccc2ccccc2c1. The number of hydrogen-bond acceptors (Lipinski definition) is 4. The van der Waals surface area contributed by atoms with E-state index < -0.39 is 6.10 Å². The van der Waals surface area contributed by atoms with Crippen LogP contribution in [-0.2, 0) is 0 Å². The van der Waals surface area contributed by atoms with Crippen molar-refractivity contribution in [2.24, 2.45) is 0 Å². The summed E-state index contributed by atoms with van der Waals surface area (Å²) in [5.74, 6) is 1.44. The lowest BCUT2D eigenvalue weighted by Gasteiger charge is -2.19. The van der Waals surface area contributed by atoms with Gasteiger partial charge in [-0.3, -0.25) is 0 Å². The number of hydrogen-bond donors (Lipinski definition) is 3. The summed E-state index contributed by atoms with van der Waals surface area (Å²) < 4.78 is 0. The van der Waals surface area contributed by atoms with Crippen molar-refractivity contribution in [2.45, 2.75) is 19.1 Å². The molecular formula is C17H23NO2S. The first-order chi connectivity index (χ1) is 10.2. The van der Waals surface area contributed by atoms with Crippen molar-refractivity contribution in [2.75, 3.05) is 24.7 Å². The largest absolute Gasteiger partial charge is 0.394 e. The third-order valence-corrected chi connectivity index (χ3v) is 4.62. The molecule has 3 nitrogen and oxygen atoms in total. The van der Waals surface area contributed by atoms with Crippen molar-refractivity contribution >= 4 is 22.5 Å². The van der Waals surface area contributed by atoms with Gasteiger partial charge in [-0.05, 0) is 28.9 Å². The molecule has 2 unspecified atom stereocenters. The number of benzene rings is 2. The molecule has 4 heteroatoms. The molecule has 0 aliphatic carbocycles. The van der Waals surface area contributed by atoms with E-state index in [4.69, 9.17) is 5.11 Å². The van der Waals surface area contributed by atoms with Gasteiger partial charge in [0.1, 0.15) is 0 Å². The normalized spacial score (nSPS) is 14.2. The highest BCUT2D eigenvalue weighted by Crippen LogP contribution is 2.23. The Balaban J connectivity index is 2.08. The highest BCUT2D eigenvalue weighted by Gasteiger charge is 2.12. The summed E-state index contributed by atoms with van der Waals surface area (Å²) in [5.41, 5.74) is 1.27. The minimum absolute atomic E-state index is 0.172. The maximum Gasteiger partial charge on any atom is 0.0861 e. The van der Waals surface area contributed by atoms with Crippen LogP contribution in [0.1, 0.15) is 18.5 Å². The van der Waals surface area contributed by atoms with Crippen LogP contribution in [0.4, 0.5) is 0 Å². The minimum Gasteiger partial charge on any atom is -0.394 e. The molecule has 0 fully saturated rings. The van der Waals surface area contributed by atoms with Crippen LogP contribution in [0.25, 0.3) is 10.8 Å². The molecule has 0 amide bonds. The average Bonchev–Trinajstić information content (AvgIpc) is 2.53. The van der Waals surface area contributed by atoms with Crippen LogP contribution < -0.4 is 5.32 Å². The maximum atomic E-state index is 9.42. The predicted molar refractivity (Wildman–Crippen MR) is 90.8 cm³/mol. The first-order valence-electron chi connectivity index (χ1n) is 7.33. The van der Waals surface area contributed by atoms with Crippen molar-refractivity contribution in [3.63, 3.8) is 0 Å². The zero-order valence-electron chi connectivity index (χ0n) is 12.3. The van der Waals surface area contributed by atoms with E-state index in [1.807, 2.05) is 0 Å². The Morgan fingerprint density at radius 1 is 1.10 bits per heavy atom. The molecule has 3 N–H and O–H groups in total. The molecule has 0 bridgehead atoms. The number of fused-ring (bicyclic) bond motifs is 1. The van der Waals surface area contributed by atoms with Crippen LogP contribution in [0, 0.1) is 0 Å². The molecule has 0 heterocycles. The topological polar surface area (TPSA) is 52.5 Å². The molecule has 2 aromatic carbocycles. The lowest BCUT2D eigenvalue weighted by Crippen LogP contribution is -2.24. The summed E-state index contributed by atoms with van der Waals surface area (Å²) in [5, 5.41) is 24.3. The molecule has 21 heavy (non-hydrogen) atoms. The van der Waals surface area contributed by atoms with E-state index in [1.165, 1.54) is 16.3 Å². The van der Waals surface area contributed by atoms with Gasteiger partial charge in [0, 0.05) is 17.5 Å². The second-order valence-electron chi connectivity index (χ2n) is 5.09. The van der Waals surface area contributed by atoms with Crippen LogP contribution in [0.5, 0.6) is 0 Å². The molecular weight excluding hydrogens is 282 g/mol. The highest BCUT2D eigenvalue weighted by molar-refractivity contribution is 7.99. The Morgan fingerprint density at radius 3 is 2.57 bits per heavy atom. The Hall–Kier alpha value is -1.07. The van der Waals surface area contributed by atoms with Crippen molar-refractivity contribution < 1.29 is 10.2 Å². The number of aliphatic hydroxyl groups is 2. The fraction of sp³-hybridized carbons (Fsp3) is 0.412. The minimum atomic E-state index is -0.631. The second kappa shape index (κ2) is 8.39. The Kier molecular flexibility index (Phi) is 6.51. The quantitative estimate of drug-likeness (QED) is 0.702. The average molecular weight is 305 g/mol. The molecule has 0 aliphatic rings. The molecule has 0 spiro atoms. The number of nitrogens with one attached hydrogen (secondary N) is 1. The molecule has 0 radical (unpaired) electrons. The summed E-state index contributed by atoms with van der Waals surface area (Å²) in [6.45, 7) is 2.83. The van der Waals surface area contributed by atoms with Gasteiger partial charge >= 0.3 is 0 Å². The first kappa shape index (κ1) is 16.3. The Morgan fingerprint density at radius 2 is 1.86 bits per heavy atom. The van der Waals surface area contributed by atoms with Crippen LogP contribution >= 0.6 is 11.8 Å². The van der Waals surface area contributed by atoms with Crippen LogP contribution in [0.3, 0.4) is 0 Å². The summed E-state index contributed by atoms with van der Waals surface area (Å²) >= 11 is 1.66. The summed E-state index contributed by atoms with van der Waals surface area (Å²) in [4.78, 5) is 0. The zero-order chi connectivity index (χ0) is 15.1. The van der Waals surface area contributed by atoms with Gasteiger partial charge < -0.3 is 15.5 Å². The van der Waals surface area contributed by atoms with Crippen LogP contribution in [0.2, 0.25) is 0 Å². The third-order valence-electron chi connectivity index (χ3n) is 3.43. The highest BCUT2D eigenvalue weighted by atomic mass is 32.2. The molecule has 0 aromatic heterocycles. The lowest BCUT2D eigenvalue weighted by atomic mass is 10.0. The van der Waals surface area contributed by atoms with Gasteiger partial charge in [-0.25, -0.2) is 0 Å². The molecule has 0 aliphatic heterocycles. The van der Waals surface area contributed by atoms with E-state index in [1.54, 1.807) is 11.8 Å². The van der Waals surface area contributed by atoms with Crippen LogP contribution in [-0.4, -0.2) is 41.0 Å². The Bertz CT molecular complexity index is 561. The fourth-order valence-corrected chi connectivity index (χ4v) is 3.38. The smallest absolute Gasteiger partial charge is 0.0861 e. The second-order valence-corrected chi connectivity index (χ2v) is 6.17. The maximum absolute atomic E-state index is 9.42. The predicted octanol–water partition coefficient (Wildman–Crippen LogP) is 2.58. The summed E-state index contributed by atoms with van der Waals surface area (Å²) in [6, 6.07) is 15.2. The van der Waals surface area contributed by atoms with Gasteiger partial charge in [0.2, 0.25) is 0 Å².